The van der Waals surface area contributed by atoms with Gasteiger partial charge in [0.15, 0.2) is 0 Å². The summed E-state index contributed by atoms with van der Waals surface area (Å²) in [7, 11) is 3.28. The Morgan fingerprint density at radius 3 is 2.55 bits per heavy atom. The second kappa shape index (κ2) is 6.86. The molecule has 1 N–H and O–H groups in total. The third-order valence-corrected chi connectivity index (χ3v) is 4.11. The number of anilines is 1. The third-order valence-electron chi connectivity index (χ3n) is 2.87. The summed E-state index contributed by atoms with van der Waals surface area (Å²) >= 11 is 9.46. The van der Waals surface area contributed by atoms with E-state index >= 15 is 0 Å². The van der Waals surface area contributed by atoms with E-state index < -0.39 is 0 Å². The predicted molar refractivity (Wildman–Crippen MR) is 86.0 cm³/mol. The van der Waals surface area contributed by atoms with E-state index in [-0.39, 0.29) is 0 Å². The average Bonchev–Trinajstić information content (AvgIpc) is 2.48. The van der Waals surface area contributed by atoms with Gasteiger partial charge in [0.2, 0.25) is 0 Å². The molecule has 3 nitrogen and oxygen atoms in total. The van der Waals surface area contributed by atoms with E-state index in [1.807, 2.05) is 36.4 Å². The Hall–Kier alpha value is -1.39. The fourth-order valence-electron chi connectivity index (χ4n) is 1.80. The molecule has 5 heteroatoms. The van der Waals surface area contributed by atoms with Crippen LogP contribution in [0.4, 0.5) is 5.69 Å². The van der Waals surface area contributed by atoms with Gasteiger partial charge in [-0.1, -0.05) is 17.7 Å². The van der Waals surface area contributed by atoms with Crippen LogP contribution in [-0.4, -0.2) is 14.2 Å². The fourth-order valence-corrected chi connectivity index (χ4v) is 2.25. The number of benzene rings is 2. The van der Waals surface area contributed by atoms with Gasteiger partial charge in [-0.3, -0.25) is 0 Å². The van der Waals surface area contributed by atoms with Crippen molar-refractivity contribution in [3.05, 3.63) is 51.5 Å². The summed E-state index contributed by atoms with van der Waals surface area (Å²) in [6, 6.07) is 11.5. The molecule has 0 amide bonds. The zero-order valence-corrected chi connectivity index (χ0v) is 13.6. The van der Waals surface area contributed by atoms with Crippen LogP contribution in [-0.2, 0) is 6.54 Å². The maximum atomic E-state index is 6.08. The number of hydrogen-bond donors (Lipinski definition) is 1. The molecule has 2 rings (SSSR count). The standard InChI is InChI=1S/C15H15BrClNO2/c1-19-11-4-6-15(20-2)14(8-11)18-9-10-3-5-12(16)13(17)7-10/h3-8,18H,9H2,1-2H3. The van der Waals surface area contributed by atoms with Crippen molar-refractivity contribution in [3.63, 3.8) is 0 Å². The van der Waals surface area contributed by atoms with E-state index in [9.17, 15) is 0 Å². The Balaban J connectivity index is 2.15. The summed E-state index contributed by atoms with van der Waals surface area (Å²) < 4.78 is 11.4. The van der Waals surface area contributed by atoms with Crippen molar-refractivity contribution in [3.8, 4) is 11.5 Å². The molecule has 0 aliphatic rings. The van der Waals surface area contributed by atoms with E-state index in [0.717, 1.165) is 27.2 Å². The fraction of sp³-hybridized carbons (Fsp3) is 0.200. The van der Waals surface area contributed by atoms with Gasteiger partial charge in [0.05, 0.1) is 24.9 Å². The summed E-state index contributed by atoms with van der Waals surface area (Å²) in [4.78, 5) is 0. The van der Waals surface area contributed by atoms with Crippen molar-refractivity contribution < 1.29 is 9.47 Å². The third kappa shape index (κ3) is 3.58. The van der Waals surface area contributed by atoms with Crippen molar-refractivity contribution in [2.24, 2.45) is 0 Å². The lowest BCUT2D eigenvalue weighted by Gasteiger charge is -2.13. The van der Waals surface area contributed by atoms with Gasteiger partial charge in [-0.15, -0.1) is 0 Å². The van der Waals surface area contributed by atoms with Gasteiger partial charge in [-0.05, 0) is 45.8 Å². The van der Waals surface area contributed by atoms with Crippen molar-refractivity contribution >= 4 is 33.2 Å². The van der Waals surface area contributed by atoms with Crippen LogP contribution in [0.3, 0.4) is 0 Å². The van der Waals surface area contributed by atoms with E-state index in [1.54, 1.807) is 14.2 Å². The number of rotatable bonds is 5. The normalized spacial score (nSPS) is 10.2. The molecule has 0 radical (unpaired) electrons. The molecule has 2 aromatic carbocycles. The number of halogens is 2. The van der Waals surface area contributed by atoms with Gasteiger partial charge in [-0.25, -0.2) is 0 Å². The predicted octanol–water partition coefficient (Wildman–Crippen LogP) is 4.73. The number of ether oxygens (including phenoxy) is 2. The first-order chi connectivity index (χ1) is 9.63. The Labute approximate surface area is 132 Å². The van der Waals surface area contributed by atoms with Crippen LogP contribution in [0.1, 0.15) is 5.56 Å². The quantitative estimate of drug-likeness (QED) is 0.840. The minimum atomic E-state index is 0.649. The molecule has 106 valence electrons. The summed E-state index contributed by atoms with van der Waals surface area (Å²) in [5.41, 5.74) is 1.97. The lowest BCUT2D eigenvalue weighted by atomic mass is 10.2. The summed E-state index contributed by atoms with van der Waals surface area (Å²) in [6.07, 6.45) is 0. The highest BCUT2D eigenvalue weighted by molar-refractivity contribution is 9.10. The number of hydrogen-bond acceptors (Lipinski definition) is 3. The monoisotopic (exact) mass is 355 g/mol. The zero-order chi connectivity index (χ0) is 14.5. The second-order valence-corrected chi connectivity index (χ2v) is 5.43. The zero-order valence-electron chi connectivity index (χ0n) is 11.2. The van der Waals surface area contributed by atoms with Gasteiger partial charge >= 0.3 is 0 Å². The first kappa shape index (κ1) is 15.0. The minimum Gasteiger partial charge on any atom is -0.497 e. The maximum Gasteiger partial charge on any atom is 0.142 e. The molecule has 0 aliphatic heterocycles. The van der Waals surface area contributed by atoms with Crippen LogP contribution in [0.2, 0.25) is 5.02 Å². The van der Waals surface area contributed by atoms with E-state index in [1.165, 1.54) is 0 Å². The largest absolute Gasteiger partial charge is 0.497 e. The molecule has 0 unspecified atom stereocenters. The van der Waals surface area contributed by atoms with Crippen LogP contribution in [0, 0.1) is 0 Å². The van der Waals surface area contributed by atoms with Gasteiger partial charge in [0.25, 0.3) is 0 Å². The van der Waals surface area contributed by atoms with Crippen LogP contribution in [0.5, 0.6) is 11.5 Å². The van der Waals surface area contributed by atoms with E-state index in [4.69, 9.17) is 21.1 Å². The molecule has 0 heterocycles. The molecule has 0 aromatic heterocycles. The maximum absolute atomic E-state index is 6.08. The molecule has 0 bridgehead atoms. The van der Waals surface area contributed by atoms with Crippen LogP contribution >= 0.6 is 27.5 Å². The number of methoxy groups -OCH3 is 2. The lowest BCUT2D eigenvalue weighted by Crippen LogP contribution is -2.02. The van der Waals surface area contributed by atoms with Gasteiger partial charge in [0.1, 0.15) is 11.5 Å². The highest BCUT2D eigenvalue weighted by atomic mass is 79.9. The summed E-state index contributed by atoms with van der Waals surface area (Å²) in [5.74, 6) is 1.55. The van der Waals surface area contributed by atoms with Crippen molar-refractivity contribution in [2.75, 3.05) is 19.5 Å². The Morgan fingerprint density at radius 1 is 1.10 bits per heavy atom. The second-order valence-electron chi connectivity index (χ2n) is 4.17. The summed E-state index contributed by atoms with van der Waals surface area (Å²) in [6.45, 7) is 0.649. The Bertz CT molecular complexity index is 604. The Morgan fingerprint density at radius 2 is 1.90 bits per heavy atom. The highest BCUT2D eigenvalue weighted by Gasteiger charge is 2.05. The molecule has 0 fully saturated rings. The first-order valence-corrected chi connectivity index (χ1v) is 7.21. The van der Waals surface area contributed by atoms with Crippen molar-refractivity contribution in [2.45, 2.75) is 6.54 Å². The molecular formula is C15H15BrClNO2. The van der Waals surface area contributed by atoms with Crippen LogP contribution in [0.15, 0.2) is 40.9 Å². The van der Waals surface area contributed by atoms with Gasteiger partial charge < -0.3 is 14.8 Å². The molecule has 0 atom stereocenters. The van der Waals surface area contributed by atoms with Crippen LogP contribution in [0.25, 0.3) is 0 Å². The smallest absolute Gasteiger partial charge is 0.142 e. The van der Waals surface area contributed by atoms with Crippen molar-refractivity contribution in [1.82, 2.24) is 0 Å². The van der Waals surface area contributed by atoms with Gasteiger partial charge in [0, 0.05) is 17.1 Å². The molecule has 0 saturated carbocycles. The lowest BCUT2D eigenvalue weighted by molar-refractivity contribution is 0.404. The first-order valence-electron chi connectivity index (χ1n) is 6.04. The molecule has 0 aliphatic carbocycles. The topological polar surface area (TPSA) is 30.5 Å². The van der Waals surface area contributed by atoms with Gasteiger partial charge in [-0.2, -0.15) is 0 Å². The minimum absolute atomic E-state index is 0.649. The summed E-state index contributed by atoms with van der Waals surface area (Å²) in [5, 5.41) is 4.02. The number of nitrogens with one attached hydrogen (secondary N) is 1. The van der Waals surface area contributed by atoms with Crippen LogP contribution < -0.4 is 14.8 Å². The molecule has 2 aromatic rings. The van der Waals surface area contributed by atoms with E-state index in [2.05, 4.69) is 21.2 Å². The molecule has 0 saturated heterocycles. The molecule has 0 spiro atoms. The van der Waals surface area contributed by atoms with Crippen molar-refractivity contribution in [1.29, 1.82) is 0 Å². The van der Waals surface area contributed by atoms with E-state index in [0.29, 0.717) is 11.6 Å². The Kier molecular flexibility index (Phi) is 5.15. The highest BCUT2D eigenvalue weighted by Crippen LogP contribution is 2.30. The average molecular weight is 357 g/mol. The molecular weight excluding hydrogens is 342 g/mol. The SMILES string of the molecule is COc1ccc(OC)c(NCc2ccc(Br)c(Cl)c2)c1. The molecule has 20 heavy (non-hydrogen) atoms.